The van der Waals surface area contributed by atoms with Gasteiger partial charge in [-0.3, -0.25) is 0 Å². The van der Waals surface area contributed by atoms with Gasteiger partial charge >= 0.3 is 0 Å². The maximum absolute atomic E-state index is 11.3. The molecule has 24 heavy (non-hydrogen) atoms. The summed E-state index contributed by atoms with van der Waals surface area (Å²) in [5, 5.41) is 22.1. The highest BCUT2D eigenvalue weighted by molar-refractivity contribution is 7.92. The highest BCUT2D eigenvalue weighted by Gasteiger charge is 2.30. The van der Waals surface area contributed by atoms with Gasteiger partial charge in [-0.25, -0.2) is 26.3 Å². The van der Waals surface area contributed by atoms with E-state index in [1.54, 1.807) is 22.9 Å². The first-order valence-electron chi connectivity index (χ1n) is 6.72. The van der Waals surface area contributed by atoms with E-state index in [-0.39, 0.29) is 21.5 Å². The lowest BCUT2D eigenvalue weighted by atomic mass is 10.2. The summed E-state index contributed by atoms with van der Waals surface area (Å²) in [7, 11) is -6.65. The number of sulfonamides is 2. The van der Waals surface area contributed by atoms with Crippen molar-refractivity contribution in [1.29, 1.82) is 0 Å². The van der Waals surface area contributed by atoms with Crippen molar-refractivity contribution in [1.82, 2.24) is 9.44 Å². The van der Waals surface area contributed by atoms with Crippen LogP contribution >= 0.6 is 22.7 Å². The molecule has 0 radical (unpaired) electrons. The van der Waals surface area contributed by atoms with Crippen molar-refractivity contribution >= 4 is 42.7 Å². The van der Waals surface area contributed by atoms with Crippen LogP contribution in [-0.4, -0.2) is 40.1 Å². The van der Waals surface area contributed by atoms with E-state index in [2.05, 4.69) is 9.44 Å². The van der Waals surface area contributed by atoms with E-state index in [1.807, 2.05) is 0 Å². The van der Waals surface area contributed by atoms with Crippen LogP contribution in [0.15, 0.2) is 31.3 Å². The van der Waals surface area contributed by atoms with Crippen molar-refractivity contribution in [3.8, 4) is 0 Å². The second kappa shape index (κ2) is 6.46. The van der Waals surface area contributed by atoms with Crippen molar-refractivity contribution in [2.24, 2.45) is 0 Å². The van der Waals surface area contributed by atoms with Crippen LogP contribution in [0.2, 0.25) is 0 Å². The van der Waals surface area contributed by atoms with Crippen LogP contribution in [0.5, 0.6) is 0 Å². The van der Waals surface area contributed by atoms with E-state index in [0.717, 1.165) is 22.7 Å². The van der Waals surface area contributed by atoms with E-state index in [1.165, 1.54) is 0 Å². The largest absolute Gasteiger partial charge is 0.387 e. The highest BCUT2D eigenvalue weighted by atomic mass is 32.3. The van der Waals surface area contributed by atoms with Crippen LogP contribution in [0.1, 0.15) is 23.3 Å². The van der Waals surface area contributed by atoms with E-state index >= 15 is 0 Å². The molecule has 0 fully saturated rings. The van der Waals surface area contributed by atoms with Gasteiger partial charge < -0.3 is 10.2 Å². The van der Waals surface area contributed by atoms with Gasteiger partial charge in [0.05, 0.1) is 12.2 Å². The summed E-state index contributed by atoms with van der Waals surface area (Å²) in [5.74, 6) is 0. The van der Waals surface area contributed by atoms with Gasteiger partial charge in [-0.2, -0.15) is 0 Å². The third-order valence-electron chi connectivity index (χ3n) is 3.46. The number of hydrogen-bond donors (Lipinski definition) is 4. The number of aliphatic hydroxyl groups excluding tert-OH is 2. The molecule has 0 amide bonds. The van der Waals surface area contributed by atoms with E-state index in [4.69, 9.17) is 0 Å². The molecule has 8 nitrogen and oxygen atoms in total. The maximum atomic E-state index is 11.3. The Morgan fingerprint density at radius 1 is 0.833 bits per heavy atom. The minimum absolute atomic E-state index is 0.0755. The van der Waals surface area contributed by atoms with Crippen molar-refractivity contribution in [3.63, 3.8) is 0 Å². The Morgan fingerprint density at radius 3 is 1.54 bits per heavy atom. The van der Waals surface area contributed by atoms with Crippen LogP contribution in [0.25, 0.3) is 0 Å². The van der Waals surface area contributed by atoms with Crippen LogP contribution in [-0.2, 0) is 20.0 Å². The molecule has 0 saturated carbocycles. The van der Waals surface area contributed by atoms with Gasteiger partial charge in [0.25, 0.3) is 20.0 Å². The molecule has 12 heteroatoms. The Bertz CT molecular complexity index is 868. The predicted octanol–water partition coefficient (Wildman–Crippen LogP) is 0.147. The third kappa shape index (κ3) is 3.28. The van der Waals surface area contributed by atoms with Crippen molar-refractivity contribution < 1.29 is 27.0 Å². The summed E-state index contributed by atoms with van der Waals surface area (Å²) in [5.41, 5.74) is 1.03. The Kier molecular flexibility index (Phi) is 4.83. The van der Waals surface area contributed by atoms with E-state index in [0.29, 0.717) is 11.1 Å². The van der Waals surface area contributed by atoms with Gasteiger partial charge in [-0.05, 0) is 22.9 Å². The Morgan fingerprint density at radius 2 is 1.21 bits per heavy atom. The fourth-order valence-electron chi connectivity index (χ4n) is 2.27. The molecule has 4 rings (SSSR count). The fraction of sp³-hybridized carbons (Fsp3) is 0.333. The molecule has 4 N–H and O–H groups in total. The number of nitrogens with one attached hydrogen (secondary N) is 2. The Labute approximate surface area is 146 Å². The number of β-amino-alcohol motifs (C(OH)–C–C–N with tert-alkyl or cyclic N) is 2. The fourth-order valence-corrected chi connectivity index (χ4v) is 7.37. The zero-order valence-corrected chi connectivity index (χ0v) is 15.3. The normalized spacial score (nSPS) is 26.6. The molecule has 0 unspecified atom stereocenters. The molecular formula is C12H14N2O6S4. The quantitative estimate of drug-likeness (QED) is 0.489. The van der Waals surface area contributed by atoms with Crippen LogP contribution in [0, 0.1) is 0 Å². The number of rotatable bonds is 0. The monoisotopic (exact) mass is 410 g/mol. The van der Waals surface area contributed by atoms with Gasteiger partial charge in [0.15, 0.2) is 0 Å². The summed E-state index contributed by atoms with van der Waals surface area (Å²) in [4.78, 5) is 0. The maximum Gasteiger partial charge on any atom is 0.250 e. The third-order valence-corrected chi connectivity index (χ3v) is 9.34. The average Bonchev–Trinajstić information content (AvgIpc) is 3.18. The number of aliphatic hydroxyl groups is 2. The second-order valence-electron chi connectivity index (χ2n) is 5.06. The van der Waals surface area contributed by atoms with Crippen molar-refractivity contribution in [2.45, 2.75) is 20.6 Å². The lowest BCUT2D eigenvalue weighted by Crippen LogP contribution is -2.33. The molecule has 2 atom stereocenters. The van der Waals surface area contributed by atoms with Crippen LogP contribution in [0.4, 0.5) is 0 Å². The molecular weight excluding hydrogens is 396 g/mol. The number of hydrogen-bond acceptors (Lipinski definition) is 8. The summed E-state index contributed by atoms with van der Waals surface area (Å²) < 4.78 is 50.1. The van der Waals surface area contributed by atoms with E-state index < -0.39 is 32.3 Å². The molecule has 0 saturated heterocycles. The first kappa shape index (κ1) is 17.9. The molecule has 132 valence electrons. The molecule has 2 aromatic rings. The lowest BCUT2D eigenvalue weighted by Gasteiger charge is -2.18. The first-order valence-corrected chi connectivity index (χ1v) is 11.4. The summed E-state index contributed by atoms with van der Waals surface area (Å²) in [6.45, 7) is 0.151. The lowest BCUT2D eigenvalue weighted by molar-refractivity contribution is 0.176. The molecule has 0 aliphatic carbocycles. The summed E-state index contributed by atoms with van der Waals surface area (Å²) in [6, 6.07) is 3.28. The zero-order chi connectivity index (χ0) is 17.5. The minimum atomic E-state index is -3.32. The number of fused-ring (bicyclic) bond motifs is 2. The van der Waals surface area contributed by atoms with Gasteiger partial charge in [-0.1, -0.05) is 0 Å². The smallest absolute Gasteiger partial charge is 0.250 e. The van der Waals surface area contributed by atoms with Gasteiger partial charge in [-0.15, -0.1) is 22.7 Å². The van der Waals surface area contributed by atoms with E-state index in [9.17, 15) is 27.0 Å². The molecule has 0 bridgehead atoms. The summed E-state index contributed by atoms with van der Waals surface area (Å²) in [6.07, 6.45) is -1.40. The van der Waals surface area contributed by atoms with Gasteiger partial charge in [0.1, 0.15) is 8.42 Å². The van der Waals surface area contributed by atoms with Crippen LogP contribution in [0.3, 0.4) is 0 Å². The van der Waals surface area contributed by atoms with Crippen molar-refractivity contribution in [2.75, 3.05) is 13.1 Å². The minimum Gasteiger partial charge on any atom is -0.387 e. The molecule has 0 spiro atoms. The summed E-state index contributed by atoms with van der Waals surface area (Å²) >= 11 is 2.25. The van der Waals surface area contributed by atoms with Gasteiger partial charge in [0, 0.05) is 24.2 Å². The van der Waals surface area contributed by atoms with Crippen LogP contribution < -0.4 is 9.44 Å². The topological polar surface area (TPSA) is 133 Å². The zero-order valence-electron chi connectivity index (χ0n) is 12.0. The Balaban J connectivity index is 0.000000141. The highest BCUT2D eigenvalue weighted by Crippen LogP contribution is 2.31. The first-order chi connectivity index (χ1) is 11.2. The SMILES string of the molecule is O=S1(=O)NC[C@@H](O)c2ccsc21.O=S1(=O)NC[C@H](O)c2ccsc21. The van der Waals surface area contributed by atoms with Gasteiger partial charge in [0.2, 0.25) is 0 Å². The molecule has 2 aliphatic rings. The number of thiophene rings is 2. The Hall–Kier alpha value is -0.860. The molecule has 4 heterocycles. The predicted molar refractivity (Wildman–Crippen MR) is 88.9 cm³/mol. The molecule has 2 aliphatic heterocycles. The average molecular weight is 411 g/mol. The second-order valence-corrected chi connectivity index (χ2v) is 10.8. The molecule has 0 aromatic carbocycles. The van der Waals surface area contributed by atoms with Crippen molar-refractivity contribution in [3.05, 3.63) is 34.0 Å². The molecule has 2 aromatic heterocycles. The standard InChI is InChI=1S/2C6H7NO3S2/c2*8-5-3-7-12(9,10)6-4(5)1-2-11-6/h2*1-2,5,7-8H,3H2/t2*5-/m10/s1.